The van der Waals surface area contributed by atoms with Gasteiger partial charge < -0.3 is 10.1 Å². The first kappa shape index (κ1) is 17.4. The second-order valence-corrected chi connectivity index (χ2v) is 5.43. The molecule has 0 amide bonds. The van der Waals surface area contributed by atoms with Crippen LogP contribution >= 0.6 is 11.6 Å². The van der Waals surface area contributed by atoms with Crippen molar-refractivity contribution in [2.45, 2.75) is 51.7 Å². The first-order chi connectivity index (χ1) is 9.63. The molecule has 0 bridgehead atoms. The summed E-state index contributed by atoms with van der Waals surface area (Å²) in [5.74, 6) is -0.243. The van der Waals surface area contributed by atoms with E-state index in [1.54, 1.807) is 19.2 Å². The molecular weight excluding hydrogens is 277 g/mol. The van der Waals surface area contributed by atoms with Crippen LogP contribution in [0.25, 0.3) is 0 Å². The van der Waals surface area contributed by atoms with Crippen LogP contribution in [-0.2, 0) is 11.2 Å². The second-order valence-electron chi connectivity index (χ2n) is 5.03. The van der Waals surface area contributed by atoms with Gasteiger partial charge in [0.05, 0.1) is 6.10 Å². The van der Waals surface area contributed by atoms with Gasteiger partial charge in [-0.1, -0.05) is 37.9 Å². The van der Waals surface area contributed by atoms with Crippen molar-refractivity contribution in [3.63, 3.8) is 0 Å². The minimum Gasteiger partial charge on any atom is -0.380 e. The van der Waals surface area contributed by atoms with E-state index in [0.717, 1.165) is 25.8 Å². The normalized spacial score (nSPS) is 14.2. The Balaban J connectivity index is 2.87. The number of hydrogen-bond acceptors (Lipinski definition) is 2. The van der Waals surface area contributed by atoms with Gasteiger partial charge >= 0.3 is 0 Å². The van der Waals surface area contributed by atoms with Crippen LogP contribution in [0.2, 0.25) is 5.02 Å². The van der Waals surface area contributed by atoms with Gasteiger partial charge in [-0.15, -0.1) is 0 Å². The van der Waals surface area contributed by atoms with Gasteiger partial charge in [0.25, 0.3) is 0 Å². The number of benzene rings is 1. The molecule has 0 aromatic heterocycles. The van der Waals surface area contributed by atoms with Gasteiger partial charge in [-0.25, -0.2) is 4.39 Å². The standard InChI is InChI=1S/C16H25ClFNO/c1-4-7-16(20-3)15(19-10-5-2)11-12-13(17)8-6-9-14(12)18/h6,8-9,15-16,19H,4-5,7,10-11H2,1-3H3. The van der Waals surface area contributed by atoms with Gasteiger partial charge in [-0.3, -0.25) is 0 Å². The Labute approximate surface area is 126 Å². The summed E-state index contributed by atoms with van der Waals surface area (Å²) in [4.78, 5) is 0. The van der Waals surface area contributed by atoms with Crippen molar-refractivity contribution in [1.82, 2.24) is 5.32 Å². The van der Waals surface area contributed by atoms with E-state index in [-0.39, 0.29) is 18.0 Å². The monoisotopic (exact) mass is 301 g/mol. The molecule has 0 saturated heterocycles. The summed E-state index contributed by atoms with van der Waals surface area (Å²) in [6.45, 7) is 5.13. The molecule has 2 nitrogen and oxygen atoms in total. The molecule has 0 aliphatic rings. The lowest BCUT2D eigenvalue weighted by Crippen LogP contribution is -2.43. The summed E-state index contributed by atoms with van der Waals surface area (Å²) < 4.78 is 19.5. The third kappa shape index (κ3) is 5.04. The minimum absolute atomic E-state index is 0.0715. The largest absolute Gasteiger partial charge is 0.380 e. The van der Waals surface area contributed by atoms with Crippen molar-refractivity contribution in [2.24, 2.45) is 0 Å². The summed E-state index contributed by atoms with van der Waals surface area (Å²) in [6, 6.07) is 4.91. The predicted octanol–water partition coefficient (Wildman–Crippen LogP) is 4.20. The molecule has 2 unspecified atom stereocenters. The molecule has 0 spiro atoms. The third-order valence-electron chi connectivity index (χ3n) is 3.47. The molecule has 0 heterocycles. The molecule has 4 heteroatoms. The second kappa shape index (κ2) is 9.32. The molecule has 1 rings (SSSR count). The van der Waals surface area contributed by atoms with Crippen molar-refractivity contribution >= 4 is 11.6 Å². The van der Waals surface area contributed by atoms with E-state index in [4.69, 9.17) is 16.3 Å². The summed E-state index contributed by atoms with van der Waals surface area (Å²) in [5.41, 5.74) is 0.570. The molecule has 1 aromatic carbocycles. The van der Waals surface area contributed by atoms with Crippen LogP contribution in [0, 0.1) is 5.82 Å². The molecule has 2 atom stereocenters. The van der Waals surface area contributed by atoms with Gasteiger partial charge in [-0.2, -0.15) is 0 Å². The smallest absolute Gasteiger partial charge is 0.127 e. The fourth-order valence-electron chi connectivity index (χ4n) is 2.38. The zero-order chi connectivity index (χ0) is 15.0. The summed E-state index contributed by atoms with van der Waals surface area (Å²) in [6.07, 6.45) is 3.63. The molecule has 0 fully saturated rings. The Bertz CT molecular complexity index is 380. The maximum Gasteiger partial charge on any atom is 0.127 e. The molecule has 1 aromatic rings. The van der Waals surface area contributed by atoms with Crippen LogP contribution in [0.15, 0.2) is 18.2 Å². The average Bonchev–Trinajstić information content (AvgIpc) is 2.44. The highest BCUT2D eigenvalue weighted by Crippen LogP contribution is 2.22. The minimum atomic E-state index is -0.243. The van der Waals surface area contributed by atoms with Crippen LogP contribution in [0.5, 0.6) is 0 Å². The maximum absolute atomic E-state index is 13.9. The lowest BCUT2D eigenvalue weighted by Gasteiger charge is -2.27. The van der Waals surface area contributed by atoms with E-state index >= 15 is 0 Å². The zero-order valence-electron chi connectivity index (χ0n) is 12.6. The fourth-order valence-corrected chi connectivity index (χ4v) is 2.62. The molecule has 20 heavy (non-hydrogen) atoms. The summed E-state index contributed by atoms with van der Waals surface area (Å²) in [5, 5.41) is 3.94. The lowest BCUT2D eigenvalue weighted by atomic mass is 9.97. The Kier molecular flexibility index (Phi) is 8.12. The predicted molar refractivity (Wildman–Crippen MR) is 82.9 cm³/mol. The molecule has 114 valence electrons. The van der Waals surface area contributed by atoms with Gasteiger partial charge in [0, 0.05) is 23.7 Å². The third-order valence-corrected chi connectivity index (χ3v) is 3.82. The summed E-state index contributed by atoms with van der Waals surface area (Å²) in [7, 11) is 1.71. The first-order valence-corrected chi connectivity index (χ1v) is 7.70. The van der Waals surface area contributed by atoms with Crippen molar-refractivity contribution < 1.29 is 9.13 Å². The van der Waals surface area contributed by atoms with E-state index in [0.29, 0.717) is 17.0 Å². The van der Waals surface area contributed by atoms with Crippen LogP contribution in [-0.4, -0.2) is 25.8 Å². The van der Waals surface area contributed by atoms with Crippen LogP contribution in [0.3, 0.4) is 0 Å². The number of ether oxygens (including phenoxy) is 1. The first-order valence-electron chi connectivity index (χ1n) is 7.33. The quantitative estimate of drug-likeness (QED) is 0.738. The fraction of sp³-hybridized carbons (Fsp3) is 0.625. The van der Waals surface area contributed by atoms with E-state index in [9.17, 15) is 4.39 Å². The number of methoxy groups -OCH3 is 1. The van der Waals surface area contributed by atoms with E-state index in [1.807, 2.05) is 0 Å². The lowest BCUT2D eigenvalue weighted by molar-refractivity contribution is 0.0607. The van der Waals surface area contributed by atoms with E-state index in [2.05, 4.69) is 19.2 Å². The van der Waals surface area contributed by atoms with Gasteiger partial charge in [-0.05, 0) is 37.9 Å². The molecule has 0 saturated carbocycles. The summed E-state index contributed by atoms with van der Waals surface area (Å²) >= 11 is 6.12. The molecule has 0 aliphatic heterocycles. The number of hydrogen-bond donors (Lipinski definition) is 1. The van der Waals surface area contributed by atoms with Crippen molar-refractivity contribution in [1.29, 1.82) is 0 Å². The molecule has 1 N–H and O–H groups in total. The van der Waals surface area contributed by atoms with Crippen LogP contribution in [0.4, 0.5) is 4.39 Å². The zero-order valence-corrected chi connectivity index (χ0v) is 13.3. The van der Waals surface area contributed by atoms with Crippen molar-refractivity contribution in [2.75, 3.05) is 13.7 Å². The maximum atomic E-state index is 13.9. The molecule has 0 aliphatic carbocycles. The Morgan fingerprint density at radius 1 is 1.30 bits per heavy atom. The van der Waals surface area contributed by atoms with E-state index < -0.39 is 0 Å². The van der Waals surface area contributed by atoms with Crippen molar-refractivity contribution in [3.05, 3.63) is 34.6 Å². The number of rotatable bonds is 9. The SMILES string of the molecule is CCCNC(Cc1c(F)cccc1Cl)C(CCC)OC. The highest BCUT2D eigenvalue weighted by molar-refractivity contribution is 6.31. The Morgan fingerprint density at radius 2 is 2.05 bits per heavy atom. The van der Waals surface area contributed by atoms with Crippen LogP contribution in [0.1, 0.15) is 38.7 Å². The average molecular weight is 302 g/mol. The van der Waals surface area contributed by atoms with Crippen LogP contribution < -0.4 is 5.32 Å². The van der Waals surface area contributed by atoms with Gasteiger partial charge in [0.1, 0.15) is 5.82 Å². The molecular formula is C16H25ClFNO. The van der Waals surface area contributed by atoms with Gasteiger partial charge in [0.2, 0.25) is 0 Å². The highest BCUT2D eigenvalue weighted by atomic mass is 35.5. The number of halogens is 2. The molecule has 0 radical (unpaired) electrons. The van der Waals surface area contributed by atoms with Crippen molar-refractivity contribution in [3.8, 4) is 0 Å². The number of nitrogens with one attached hydrogen (secondary N) is 1. The van der Waals surface area contributed by atoms with E-state index in [1.165, 1.54) is 6.07 Å². The topological polar surface area (TPSA) is 21.3 Å². The Hall–Kier alpha value is -0.640. The Morgan fingerprint density at radius 3 is 2.60 bits per heavy atom. The van der Waals surface area contributed by atoms with Gasteiger partial charge in [0.15, 0.2) is 0 Å². The highest BCUT2D eigenvalue weighted by Gasteiger charge is 2.22.